The fourth-order valence-corrected chi connectivity index (χ4v) is 6.72. The van der Waals surface area contributed by atoms with Crippen LogP contribution in [0.2, 0.25) is 0 Å². The van der Waals surface area contributed by atoms with Gasteiger partial charge in [0, 0.05) is 39.6 Å². The number of carbonyl (C=O) groups excluding carboxylic acids is 1. The van der Waals surface area contributed by atoms with Gasteiger partial charge in [0.25, 0.3) is 0 Å². The van der Waals surface area contributed by atoms with Gasteiger partial charge in [0.15, 0.2) is 0 Å². The van der Waals surface area contributed by atoms with Gasteiger partial charge in [0.05, 0.1) is 29.3 Å². The lowest BCUT2D eigenvalue weighted by atomic mass is 9.97. The number of benzene rings is 1. The van der Waals surface area contributed by atoms with Crippen molar-refractivity contribution in [3.63, 3.8) is 0 Å². The summed E-state index contributed by atoms with van der Waals surface area (Å²) in [6.07, 6.45) is -15.6. The molecule has 2 fully saturated rings. The van der Waals surface area contributed by atoms with Crippen molar-refractivity contribution in [3.8, 4) is 0 Å². The molecule has 232 valence electrons. The number of rotatable bonds is 6. The number of cyclic esters (lactones) is 1. The molecule has 4 rings (SSSR count). The predicted octanol–water partition coefficient (Wildman–Crippen LogP) is 7.32. The minimum Gasteiger partial charge on any atom is -0.439 e. The number of aromatic nitrogens is 1. The SMILES string of the molecule is CCC1CC(Nc2ncc(C(F)(F)F)cc2CN2C(=O)O[C@H](c3cc(C(F)(F)F)cc(C(F)(F)F)c3)[C@@H]2C)CCS1=O. The topological polar surface area (TPSA) is 71.5 Å². The average molecular weight is 632 g/mol. The summed E-state index contributed by atoms with van der Waals surface area (Å²) in [4.78, 5) is 17.6. The molecule has 3 unspecified atom stereocenters. The van der Waals surface area contributed by atoms with Crippen LogP contribution in [0.25, 0.3) is 0 Å². The van der Waals surface area contributed by atoms with Gasteiger partial charge in [-0.25, -0.2) is 9.78 Å². The summed E-state index contributed by atoms with van der Waals surface area (Å²) in [5.74, 6) is 0.387. The molecule has 42 heavy (non-hydrogen) atoms. The molecule has 3 heterocycles. The Bertz CT molecular complexity index is 1310. The number of hydrogen-bond donors (Lipinski definition) is 1. The highest BCUT2D eigenvalue weighted by Crippen LogP contribution is 2.41. The van der Waals surface area contributed by atoms with Crippen LogP contribution >= 0.6 is 0 Å². The number of carbonyl (C=O) groups is 1. The van der Waals surface area contributed by atoms with E-state index >= 15 is 0 Å². The zero-order valence-electron chi connectivity index (χ0n) is 22.2. The molecule has 2 aliphatic rings. The minimum absolute atomic E-state index is 0.0115. The summed E-state index contributed by atoms with van der Waals surface area (Å²) in [7, 11) is -1.05. The van der Waals surface area contributed by atoms with Crippen molar-refractivity contribution < 1.29 is 53.3 Å². The first-order chi connectivity index (χ1) is 19.4. The number of halogens is 9. The van der Waals surface area contributed by atoms with Crippen LogP contribution in [0.3, 0.4) is 0 Å². The van der Waals surface area contributed by atoms with Gasteiger partial charge in [0.2, 0.25) is 0 Å². The van der Waals surface area contributed by atoms with E-state index in [4.69, 9.17) is 4.74 Å². The van der Waals surface area contributed by atoms with Crippen LogP contribution in [0.1, 0.15) is 67.0 Å². The molecule has 2 aromatic rings. The number of pyridine rings is 1. The highest BCUT2D eigenvalue weighted by Gasteiger charge is 2.44. The Labute approximate surface area is 237 Å². The molecule has 6 nitrogen and oxygen atoms in total. The molecule has 1 aromatic heterocycles. The van der Waals surface area contributed by atoms with Gasteiger partial charge < -0.3 is 10.1 Å². The van der Waals surface area contributed by atoms with Gasteiger partial charge in [-0.1, -0.05) is 6.92 Å². The largest absolute Gasteiger partial charge is 0.439 e. The Kier molecular flexibility index (Phi) is 8.78. The number of alkyl halides is 9. The lowest BCUT2D eigenvalue weighted by Gasteiger charge is -2.30. The predicted molar refractivity (Wildman–Crippen MR) is 134 cm³/mol. The zero-order valence-corrected chi connectivity index (χ0v) is 23.0. The van der Waals surface area contributed by atoms with E-state index in [9.17, 15) is 48.5 Å². The molecule has 1 aromatic carbocycles. The van der Waals surface area contributed by atoms with Crippen LogP contribution in [-0.2, 0) is 40.6 Å². The van der Waals surface area contributed by atoms with Crippen LogP contribution < -0.4 is 5.32 Å². The molecular weight excluding hydrogens is 605 g/mol. The van der Waals surface area contributed by atoms with Gasteiger partial charge in [-0.05, 0) is 56.0 Å². The normalized spacial score (nSPS) is 25.5. The Morgan fingerprint density at radius 1 is 0.976 bits per heavy atom. The number of ether oxygens (including phenoxy) is 1. The molecule has 0 saturated carbocycles. The number of nitrogens with one attached hydrogen (secondary N) is 1. The molecule has 16 heteroatoms. The second kappa shape index (κ2) is 11.6. The van der Waals surface area contributed by atoms with E-state index in [0.717, 1.165) is 11.0 Å². The summed E-state index contributed by atoms with van der Waals surface area (Å²) in [6.45, 7) is 2.64. The third-order valence-electron chi connectivity index (χ3n) is 7.35. The van der Waals surface area contributed by atoms with E-state index in [-0.39, 0.29) is 28.7 Å². The molecule has 2 saturated heterocycles. The Balaban J connectivity index is 1.65. The highest BCUT2D eigenvalue weighted by atomic mass is 32.2. The molecule has 1 N–H and O–H groups in total. The molecule has 1 amide bonds. The first kappa shape index (κ1) is 31.9. The third-order valence-corrected chi connectivity index (χ3v) is 9.26. The van der Waals surface area contributed by atoms with Gasteiger partial charge >= 0.3 is 24.6 Å². The second-order valence-electron chi connectivity index (χ2n) is 10.2. The molecule has 0 bridgehead atoms. The van der Waals surface area contributed by atoms with Crippen molar-refractivity contribution in [3.05, 3.63) is 58.3 Å². The number of nitrogens with zero attached hydrogens (tertiary/aromatic N) is 2. The van der Waals surface area contributed by atoms with Crippen LogP contribution in [-0.4, -0.2) is 43.3 Å². The van der Waals surface area contributed by atoms with Crippen molar-refractivity contribution in [2.45, 2.75) is 81.6 Å². The van der Waals surface area contributed by atoms with Crippen LogP contribution in [0, 0.1) is 0 Å². The quantitative estimate of drug-likeness (QED) is 0.339. The lowest BCUT2D eigenvalue weighted by Crippen LogP contribution is -2.36. The second-order valence-corrected chi connectivity index (χ2v) is 12.1. The Morgan fingerprint density at radius 2 is 1.57 bits per heavy atom. The third kappa shape index (κ3) is 6.94. The summed E-state index contributed by atoms with van der Waals surface area (Å²) in [5.41, 5.74) is -4.97. The lowest BCUT2D eigenvalue weighted by molar-refractivity contribution is -0.143. The molecular formula is C26H26F9N3O3S. The van der Waals surface area contributed by atoms with E-state index in [1.54, 1.807) is 0 Å². The first-order valence-electron chi connectivity index (χ1n) is 12.8. The standard InChI is InChI=1S/C26H26F9N3O3S/c1-3-20-10-19(4-5-42(20)40)37-22-15(8-18(11-36-22)26(33,34)35)12-38-13(2)21(41-23(38)39)14-6-16(24(27,28)29)9-17(7-14)25(30,31)32/h6-9,11,13,19-21H,3-5,10,12H2,1-2H3,(H,36,37)/t13-,19?,20?,21-,42?/m0/s1. The van der Waals surface area contributed by atoms with E-state index in [0.29, 0.717) is 43.3 Å². The van der Waals surface area contributed by atoms with Crippen molar-refractivity contribution in [1.29, 1.82) is 0 Å². The van der Waals surface area contributed by atoms with Crippen LogP contribution in [0.4, 0.5) is 50.1 Å². The monoisotopic (exact) mass is 631 g/mol. The van der Waals surface area contributed by atoms with E-state index in [1.807, 2.05) is 6.92 Å². The van der Waals surface area contributed by atoms with Crippen molar-refractivity contribution in [1.82, 2.24) is 9.88 Å². The van der Waals surface area contributed by atoms with E-state index in [1.165, 1.54) is 6.92 Å². The van der Waals surface area contributed by atoms with Crippen molar-refractivity contribution in [2.24, 2.45) is 0 Å². The van der Waals surface area contributed by atoms with Gasteiger partial charge in [-0.2, -0.15) is 39.5 Å². The Morgan fingerprint density at radius 3 is 2.12 bits per heavy atom. The number of amides is 1. The molecule has 2 aliphatic heterocycles. The van der Waals surface area contributed by atoms with Crippen molar-refractivity contribution >= 4 is 22.7 Å². The maximum atomic E-state index is 13.5. The zero-order chi connectivity index (χ0) is 31.2. The molecule has 5 atom stereocenters. The average Bonchev–Trinajstić information content (AvgIpc) is 3.17. The maximum absolute atomic E-state index is 13.5. The smallest absolute Gasteiger partial charge is 0.417 e. The Hall–Kier alpha value is -3.04. The summed E-state index contributed by atoms with van der Waals surface area (Å²) >= 11 is 0. The summed E-state index contributed by atoms with van der Waals surface area (Å²) in [6, 6.07) is 0.168. The van der Waals surface area contributed by atoms with Crippen LogP contribution in [0.15, 0.2) is 30.5 Å². The van der Waals surface area contributed by atoms with Gasteiger partial charge in [0.1, 0.15) is 11.9 Å². The van der Waals surface area contributed by atoms with Crippen molar-refractivity contribution in [2.75, 3.05) is 11.1 Å². The number of hydrogen-bond acceptors (Lipinski definition) is 5. The molecule has 0 radical (unpaired) electrons. The van der Waals surface area contributed by atoms with Crippen LogP contribution in [0.5, 0.6) is 0 Å². The molecule has 0 spiro atoms. The highest BCUT2D eigenvalue weighted by molar-refractivity contribution is 7.85. The fraction of sp³-hybridized carbons (Fsp3) is 0.538. The fourth-order valence-electron chi connectivity index (χ4n) is 5.05. The summed E-state index contributed by atoms with van der Waals surface area (Å²) in [5, 5.41) is 2.94. The maximum Gasteiger partial charge on any atom is 0.417 e. The van der Waals surface area contributed by atoms with E-state index in [2.05, 4.69) is 10.3 Å². The summed E-state index contributed by atoms with van der Waals surface area (Å²) < 4.78 is 138. The minimum atomic E-state index is -5.13. The first-order valence-corrected chi connectivity index (χ1v) is 14.2. The number of anilines is 1. The van der Waals surface area contributed by atoms with E-state index < -0.39 is 76.4 Å². The van der Waals surface area contributed by atoms with Gasteiger partial charge in [-0.15, -0.1) is 0 Å². The van der Waals surface area contributed by atoms with Gasteiger partial charge in [-0.3, -0.25) is 9.11 Å². The molecule has 0 aliphatic carbocycles.